The molecule has 0 aromatic heterocycles. The highest BCUT2D eigenvalue weighted by atomic mass is 35.5. The number of hydrogen-bond donors (Lipinski definition) is 1. The first-order chi connectivity index (χ1) is 9.62. The summed E-state index contributed by atoms with van der Waals surface area (Å²) in [6, 6.07) is 6.86. The molecule has 0 aliphatic heterocycles. The molecule has 0 atom stereocenters. The normalized spacial score (nSPS) is 9.90. The zero-order valence-electron chi connectivity index (χ0n) is 12.7. The zero-order chi connectivity index (χ0) is 15.0. The van der Waals surface area contributed by atoms with Crippen LogP contribution in [0.25, 0.3) is 0 Å². The van der Waals surface area contributed by atoms with Gasteiger partial charge in [0, 0.05) is 0 Å². The lowest BCUT2D eigenvalue weighted by atomic mass is 10.2. The van der Waals surface area contributed by atoms with E-state index in [0.29, 0.717) is 24.4 Å². The van der Waals surface area contributed by atoms with Crippen molar-refractivity contribution >= 4 is 30.0 Å². The van der Waals surface area contributed by atoms with E-state index in [9.17, 15) is 9.59 Å². The van der Waals surface area contributed by atoms with E-state index in [2.05, 4.69) is 5.32 Å². The first kappa shape index (κ1) is 19.4. The summed E-state index contributed by atoms with van der Waals surface area (Å²) in [6.45, 7) is 7.99. The lowest BCUT2D eigenvalue weighted by Crippen LogP contribution is -2.33. The first-order valence-electron chi connectivity index (χ1n) is 6.90. The topological polar surface area (TPSA) is 58.6 Å². The van der Waals surface area contributed by atoms with Gasteiger partial charge >= 0.3 is 5.97 Å². The Labute approximate surface area is 132 Å². The minimum atomic E-state index is -0.425. The molecule has 1 rings (SSSR count). The van der Waals surface area contributed by atoms with Crippen LogP contribution in [0.15, 0.2) is 24.3 Å². The van der Waals surface area contributed by atoms with Gasteiger partial charge < -0.3 is 10.1 Å². The smallest absolute Gasteiger partial charge is 0.340 e. The van der Waals surface area contributed by atoms with Crippen LogP contribution in [-0.4, -0.2) is 43.0 Å². The molecule has 1 N–H and O–H groups in total. The number of para-hydroxylation sites is 1. The second kappa shape index (κ2) is 10.2. The van der Waals surface area contributed by atoms with Crippen LogP contribution in [0, 0.1) is 0 Å². The van der Waals surface area contributed by atoms with Gasteiger partial charge in [0.1, 0.15) is 0 Å². The molecule has 0 aliphatic rings. The lowest BCUT2D eigenvalue weighted by molar-refractivity contribution is -0.117. The molecule has 1 aromatic rings. The third-order valence-corrected chi connectivity index (χ3v) is 2.96. The summed E-state index contributed by atoms with van der Waals surface area (Å²) in [6.07, 6.45) is 0. The van der Waals surface area contributed by atoms with Crippen molar-refractivity contribution in [2.75, 3.05) is 31.6 Å². The van der Waals surface area contributed by atoms with E-state index >= 15 is 0 Å². The minimum absolute atomic E-state index is 0. The van der Waals surface area contributed by atoms with E-state index in [1.54, 1.807) is 31.2 Å². The van der Waals surface area contributed by atoms with Crippen molar-refractivity contribution < 1.29 is 14.3 Å². The average Bonchev–Trinajstić information content (AvgIpc) is 2.45. The van der Waals surface area contributed by atoms with Crippen molar-refractivity contribution in [1.29, 1.82) is 0 Å². The van der Waals surface area contributed by atoms with Gasteiger partial charge in [0.05, 0.1) is 24.4 Å². The summed E-state index contributed by atoms with van der Waals surface area (Å²) in [5, 5.41) is 2.77. The summed E-state index contributed by atoms with van der Waals surface area (Å²) in [4.78, 5) is 25.8. The molecule has 6 heteroatoms. The van der Waals surface area contributed by atoms with Crippen LogP contribution in [-0.2, 0) is 9.53 Å². The second-order valence-corrected chi connectivity index (χ2v) is 4.28. The number of ether oxygens (including phenoxy) is 1. The number of anilines is 1. The Balaban J connectivity index is 0.00000400. The number of nitrogens with zero attached hydrogens (tertiary/aromatic N) is 1. The maximum absolute atomic E-state index is 12.0. The number of esters is 1. The maximum atomic E-state index is 12.0. The van der Waals surface area contributed by atoms with Crippen molar-refractivity contribution in [1.82, 2.24) is 4.90 Å². The predicted molar refractivity (Wildman–Crippen MR) is 86.1 cm³/mol. The molecule has 0 saturated carbocycles. The van der Waals surface area contributed by atoms with Gasteiger partial charge in [0.15, 0.2) is 0 Å². The van der Waals surface area contributed by atoms with Crippen molar-refractivity contribution in [3.8, 4) is 0 Å². The van der Waals surface area contributed by atoms with Crippen molar-refractivity contribution in [2.24, 2.45) is 0 Å². The standard InChI is InChI=1S/C15H22N2O3.ClH/c1-4-17(5-2)11-14(18)16-13-10-8-7-9-12(13)15(19)20-6-3;/h7-10H,4-6,11H2,1-3H3,(H,16,18);1H. The Bertz CT molecular complexity index is 462. The molecule has 118 valence electrons. The molecule has 21 heavy (non-hydrogen) atoms. The van der Waals surface area contributed by atoms with Gasteiger partial charge in [-0.2, -0.15) is 0 Å². The monoisotopic (exact) mass is 314 g/mol. The number of carbonyl (C=O) groups excluding carboxylic acids is 2. The van der Waals surface area contributed by atoms with Gasteiger partial charge in [0.25, 0.3) is 0 Å². The molecule has 0 spiro atoms. The van der Waals surface area contributed by atoms with Gasteiger partial charge in [-0.25, -0.2) is 4.79 Å². The Hall–Kier alpha value is -1.59. The lowest BCUT2D eigenvalue weighted by Gasteiger charge is -2.18. The summed E-state index contributed by atoms with van der Waals surface area (Å²) < 4.78 is 4.97. The third-order valence-electron chi connectivity index (χ3n) is 2.96. The van der Waals surface area contributed by atoms with Gasteiger partial charge in [-0.3, -0.25) is 9.69 Å². The molecule has 0 heterocycles. The van der Waals surface area contributed by atoms with E-state index in [4.69, 9.17) is 4.74 Å². The SMILES string of the molecule is CCOC(=O)c1ccccc1NC(=O)CN(CC)CC.Cl. The summed E-state index contributed by atoms with van der Waals surface area (Å²) in [5.74, 6) is -0.559. The van der Waals surface area contributed by atoms with E-state index in [-0.39, 0.29) is 18.3 Å². The van der Waals surface area contributed by atoms with Crippen LogP contribution in [0.2, 0.25) is 0 Å². The van der Waals surface area contributed by atoms with Crippen LogP contribution in [0.4, 0.5) is 5.69 Å². The molecule has 1 aromatic carbocycles. The Kier molecular flexibility index (Phi) is 9.41. The van der Waals surface area contributed by atoms with Crippen LogP contribution >= 0.6 is 12.4 Å². The zero-order valence-corrected chi connectivity index (χ0v) is 13.5. The molecule has 0 aliphatic carbocycles. The van der Waals surface area contributed by atoms with Gasteiger partial charge in [-0.05, 0) is 32.1 Å². The average molecular weight is 315 g/mol. The van der Waals surface area contributed by atoms with Crippen LogP contribution < -0.4 is 5.32 Å². The molecule has 0 bridgehead atoms. The highest BCUT2D eigenvalue weighted by Crippen LogP contribution is 2.16. The number of amides is 1. The van der Waals surface area contributed by atoms with Crippen LogP contribution in [0.5, 0.6) is 0 Å². The predicted octanol–water partition coefficient (Wildman–Crippen LogP) is 2.57. The number of hydrogen-bond acceptors (Lipinski definition) is 4. The molecule has 1 amide bonds. The van der Waals surface area contributed by atoms with Crippen molar-refractivity contribution in [2.45, 2.75) is 20.8 Å². The van der Waals surface area contributed by atoms with E-state index < -0.39 is 5.97 Å². The number of rotatable bonds is 7. The number of likely N-dealkylation sites (N-methyl/N-ethyl adjacent to an activating group) is 1. The Morgan fingerprint density at radius 2 is 1.76 bits per heavy atom. The Morgan fingerprint density at radius 1 is 1.14 bits per heavy atom. The van der Waals surface area contributed by atoms with Gasteiger partial charge in [-0.15, -0.1) is 12.4 Å². The number of carbonyl (C=O) groups is 2. The number of halogens is 1. The summed E-state index contributed by atoms with van der Waals surface area (Å²) in [7, 11) is 0. The van der Waals surface area contributed by atoms with E-state index in [1.807, 2.05) is 18.7 Å². The van der Waals surface area contributed by atoms with Crippen molar-refractivity contribution in [3.63, 3.8) is 0 Å². The largest absolute Gasteiger partial charge is 0.462 e. The maximum Gasteiger partial charge on any atom is 0.340 e. The molecule has 0 radical (unpaired) electrons. The quantitative estimate of drug-likeness (QED) is 0.786. The fraction of sp³-hybridized carbons (Fsp3) is 0.467. The number of benzene rings is 1. The molecule has 0 saturated heterocycles. The highest BCUT2D eigenvalue weighted by molar-refractivity contribution is 6.01. The molecule has 5 nitrogen and oxygen atoms in total. The van der Waals surface area contributed by atoms with Crippen LogP contribution in [0.3, 0.4) is 0 Å². The molecule has 0 unspecified atom stereocenters. The fourth-order valence-electron chi connectivity index (χ4n) is 1.82. The molecular formula is C15H23ClN2O3. The fourth-order valence-corrected chi connectivity index (χ4v) is 1.82. The Morgan fingerprint density at radius 3 is 2.33 bits per heavy atom. The first-order valence-corrected chi connectivity index (χ1v) is 6.90. The molecule has 0 fully saturated rings. The van der Waals surface area contributed by atoms with Gasteiger partial charge in [-0.1, -0.05) is 26.0 Å². The molecular weight excluding hydrogens is 292 g/mol. The minimum Gasteiger partial charge on any atom is -0.462 e. The summed E-state index contributed by atoms with van der Waals surface area (Å²) in [5.41, 5.74) is 0.866. The second-order valence-electron chi connectivity index (χ2n) is 4.28. The van der Waals surface area contributed by atoms with E-state index in [1.165, 1.54) is 0 Å². The van der Waals surface area contributed by atoms with Gasteiger partial charge in [0.2, 0.25) is 5.91 Å². The highest BCUT2D eigenvalue weighted by Gasteiger charge is 2.14. The summed E-state index contributed by atoms with van der Waals surface area (Å²) >= 11 is 0. The number of nitrogens with one attached hydrogen (secondary N) is 1. The van der Waals surface area contributed by atoms with Crippen molar-refractivity contribution in [3.05, 3.63) is 29.8 Å². The van der Waals surface area contributed by atoms with Crippen LogP contribution in [0.1, 0.15) is 31.1 Å². The van der Waals surface area contributed by atoms with E-state index in [0.717, 1.165) is 13.1 Å². The third kappa shape index (κ3) is 6.14.